The van der Waals surface area contributed by atoms with Crippen molar-refractivity contribution in [2.75, 3.05) is 0 Å². The average Bonchev–Trinajstić information content (AvgIpc) is 2.87. The average molecular weight is 261 g/mol. The van der Waals surface area contributed by atoms with E-state index < -0.39 is 0 Å². The van der Waals surface area contributed by atoms with Gasteiger partial charge in [-0.1, -0.05) is 37.1 Å². The maximum atomic E-state index is 5.93. The highest BCUT2D eigenvalue weighted by Crippen LogP contribution is 2.22. The van der Waals surface area contributed by atoms with E-state index in [4.69, 9.17) is 4.74 Å². The van der Waals surface area contributed by atoms with Gasteiger partial charge in [-0.3, -0.25) is 0 Å². The molecule has 0 saturated heterocycles. The molecular weight excluding hydrogens is 234 g/mol. The molecule has 0 aromatic heterocycles. The van der Waals surface area contributed by atoms with E-state index >= 15 is 0 Å². The van der Waals surface area contributed by atoms with Gasteiger partial charge in [0, 0.05) is 12.1 Å². The number of nitrogens with one attached hydrogen (secondary N) is 1. The van der Waals surface area contributed by atoms with Crippen LogP contribution in [0.15, 0.2) is 24.3 Å². The molecule has 0 spiro atoms. The standard InChI is InChI=1S/C17H27NO/c1-17(2,3)18-12-14-8-10-15(11-9-14)13-19-16-6-4-5-7-16/h8-11,16,18H,4-7,12-13H2,1-3H3. The van der Waals surface area contributed by atoms with E-state index in [0.29, 0.717) is 6.10 Å². The predicted octanol–water partition coefficient (Wildman–Crippen LogP) is 4.03. The summed E-state index contributed by atoms with van der Waals surface area (Å²) in [5.74, 6) is 0. The van der Waals surface area contributed by atoms with Crippen molar-refractivity contribution < 1.29 is 4.74 Å². The topological polar surface area (TPSA) is 21.3 Å². The van der Waals surface area contributed by atoms with Crippen LogP contribution in [-0.2, 0) is 17.9 Å². The van der Waals surface area contributed by atoms with E-state index in [2.05, 4.69) is 50.4 Å². The molecule has 1 aromatic carbocycles. The number of hydrogen-bond donors (Lipinski definition) is 1. The minimum Gasteiger partial charge on any atom is -0.374 e. The Hall–Kier alpha value is -0.860. The van der Waals surface area contributed by atoms with Gasteiger partial charge in [0.15, 0.2) is 0 Å². The lowest BCUT2D eigenvalue weighted by molar-refractivity contribution is 0.0457. The molecule has 0 radical (unpaired) electrons. The van der Waals surface area contributed by atoms with Crippen LogP contribution < -0.4 is 5.32 Å². The molecule has 19 heavy (non-hydrogen) atoms. The predicted molar refractivity (Wildman–Crippen MR) is 80.1 cm³/mol. The lowest BCUT2D eigenvalue weighted by Gasteiger charge is -2.20. The maximum Gasteiger partial charge on any atom is 0.0720 e. The first-order chi connectivity index (χ1) is 9.03. The molecule has 0 bridgehead atoms. The van der Waals surface area contributed by atoms with Crippen molar-refractivity contribution >= 4 is 0 Å². The minimum absolute atomic E-state index is 0.171. The smallest absolute Gasteiger partial charge is 0.0720 e. The van der Waals surface area contributed by atoms with E-state index in [1.807, 2.05) is 0 Å². The van der Waals surface area contributed by atoms with Gasteiger partial charge in [0.25, 0.3) is 0 Å². The first-order valence-electron chi connectivity index (χ1n) is 7.47. The third-order valence-corrected chi connectivity index (χ3v) is 3.63. The molecule has 0 aliphatic heterocycles. The normalized spacial score (nSPS) is 17.0. The molecule has 1 N–H and O–H groups in total. The molecule has 0 amide bonds. The highest BCUT2D eigenvalue weighted by Gasteiger charge is 2.15. The highest BCUT2D eigenvalue weighted by molar-refractivity contribution is 5.22. The second-order valence-corrected chi connectivity index (χ2v) is 6.64. The van der Waals surface area contributed by atoms with Crippen molar-refractivity contribution in [2.45, 2.75) is 71.2 Å². The van der Waals surface area contributed by atoms with Crippen molar-refractivity contribution in [3.05, 3.63) is 35.4 Å². The zero-order valence-corrected chi connectivity index (χ0v) is 12.5. The van der Waals surface area contributed by atoms with Crippen LogP contribution in [0.3, 0.4) is 0 Å². The molecular formula is C17H27NO. The van der Waals surface area contributed by atoms with E-state index in [-0.39, 0.29) is 5.54 Å². The van der Waals surface area contributed by atoms with Crippen LogP contribution in [0, 0.1) is 0 Å². The van der Waals surface area contributed by atoms with Gasteiger partial charge in [0.05, 0.1) is 12.7 Å². The van der Waals surface area contributed by atoms with Crippen molar-refractivity contribution in [3.8, 4) is 0 Å². The van der Waals surface area contributed by atoms with Gasteiger partial charge in [0.2, 0.25) is 0 Å². The summed E-state index contributed by atoms with van der Waals surface area (Å²) in [5, 5.41) is 3.50. The Labute approximate surface area is 117 Å². The summed E-state index contributed by atoms with van der Waals surface area (Å²) in [7, 11) is 0. The third-order valence-electron chi connectivity index (χ3n) is 3.63. The van der Waals surface area contributed by atoms with E-state index in [9.17, 15) is 0 Å². The van der Waals surface area contributed by atoms with Crippen LogP contribution in [0.2, 0.25) is 0 Å². The van der Waals surface area contributed by atoms with Crippen LogP contribution in [0.4, 0.5) is 0 Å². The van der Waals surface area contributed by atoms with Gasteiger partial charge < -0.3 is 10.1 Å². The zero-order valence-electron chi connectivity index (χ0n) is 12.5. The summed E-state index contributed by atoms with van der Waals surface area (Å²) in [6, 6.07) is 8.78. The summed E-state index contributed by atoms with van der Waals surface area (Å²) in [6.45, 7) is 8.26. The minimum atomic E-state index is 0.171. The van der Waals surface area contributed by atoms with E-state index in [1.54, 1.807) is 0 Å². The van der Waals surface area contributed by atoms with Crippen molar-refractivity contribution in [3.63, 3.8) is 0 Å². The largest absolute Gasteiger partial charge is 0.374 e. The van der Waals surface area contributed by atoms with Crippen LogP contribution in [0.25, 0.3) is 0 Å². The molecule has 2 rings (SSSR count). The fraction of sp³-hybridized carbons (Fsp3) is 0.647. The van der Waals surface area contributed by atoms with Crippen molar-refractivity contribution in [2.24, 2.45) is 0 Å². The van der Waals surface area contributed by atoms with Gasteiger partial charge in [-0.2, -0.15) is 0 Å². The molecule has 0 heterocycles. The molecule has 1 saturated carbocycles. The van der Waals surface area contributed by atoms with Gasteiger partial charge >= 0.3 is 0 Å². The van der Waals surface area contributed by atoms with Crippen LogP contribution in [0.1, 0.15) is 57.6 Å². The van der Waals surface area contributed by atoms with E-state index in [1.165, 1.54) is 36.8 Å². The first-order valence-corrected chi connectivity index (χ1v) is 7.47. The Bertz CT molecular complexity index is 371. The fourth-order valence-corrected chi connectivity index (χ4v) is 2.39. The molecule has 0 unspecified atom stereocenters. The van der Waals surface area contributed by atoms with E-state index in [0.717, 1.165) is 13.2 Å². The number of ether oxygens (including phenoxy) is 1. The van der Waals surface area contributed by atoms with Gasteiger partial charge in [-0.15, -0.1) is 0 Å². The Balaban J connectivity index is 1.77. The van der Waals surface area contributed by atoms with Gasteiger partial charge in [-0.05, 0) is 44.7 Å². The molecule has 1 aliphatic rings. The molecule has 1 aliphatic carbocycles. The summed E-state index contributed by atoms with van der Waals surface area (Å²) >= 11 is 0. The van der Waals surface area contributed by atoms with Crippen molar-refractivity contribution in [1.29, 1.82) is 0 Å². The first kappa shape index (κ1) is 14.5. The Kier molecular flexibility index (Phi) is 5.00. The van der Waals surface area contributed by atoms with Crippen LogP contribution in [-0.4, -0.2) is 11.6 Å². The molecule has 2 nitrogen and oxygen atoms in total. The Morgan fingerprint density at radius 2 is 1.63 bits per heavy atom. The summed E-state index contributed by atoms with van der Waals surface area (Å²) in [4.78, 5) is 0. The summed E-state index contributed by atoms with van der Waals surface area (Å²) < 4.78 is 5.93. The zero-order chi connectivity index (χ0) is 13.7. The monoisotopic (exact) mass is 261 g/mol. The van der Waals surface area contributed by atoms with Crippen LogP contribution >= 0.6 is 0 Å². The van der Waals surface area contributed by atoms with Crippen molar-refractivity contribution in [1.82, 2.24) is 5.32 Å². The summed E-state index contributed by atoms with van der Waals surface area (Å²) in [6.07, 6.45) is 5.66. The molecule has 106 valence electrons. The molecule has 1 fully saturated rings. The second-order valence-electron chi connectivity index (χ2n) is 6.64. The lowest BCUT2D eigenvalue weighted by Crippen LogP contribution is -2.35. The number of benzene rings is 1. The van der Waals surface area contributed by atoms with Gasteiger partial charge in [-0.25, -0.2) is 0 Å². The molecule has 1 aromatic rings. The Morgan fingerprint density at radius 1 is 1.05 bits per heavy atom. The lowest BCUT2D eigenvalue weighted by atomic mass is 10.1. The Morgan fingerprint density at radius 3 is 2.21 bits per heavy atom. The third kappa shape index (κ3) is 5.33. The SMILES string of the molecule is CC(C)(C)NCc1ccc(COC2CCCC2)cc1. The fourth-order valence-electron chi connectivity index (χ4n) is 2.39. The number of rotatable bonds is 5. The maximum absolute atomic E-state index is 5.93. The quantitative estimate of drug-likeness (QED) is 0.864. The molecule has 0 atom stereocenters. The second kappa shape index (κ2) is 6.53. The number of hydrogen-bond acceptors (Lipinski definition) is 2. The van der Waals surface area contributed by atoms with Crippen LogP contribution in [0.5, 0.6) is 0 Å². The molecule has 2 heteroatoms. The summed E-state index contributed by atoms with van der Waals surface area (Å²) in [5.41, 5.74) is 2.79. The highest BCUT2D eigenvalue weighted by atomic mass is 16.5. The van der Waals surface area contributed by atoms with Gasteiger partial charge in [0.1, 0.15) is 0 Å².